The molecule has 0 radical (unpaired) electrons. The van der Waals surface area contributed by atoms with Crippen LogP contribution in [0.1, 0.15) is 5.56 Å². The molecule has 0 fully saturated rings. The molecule has 3 aromatic carbocycles. The maximum atomic E-state index is 12.8. The third-order valence-electron chi connectivity index (χ3n) is 4.98. The zero-order valence-corrected chi connectivity index (χ0v) is 21.2. The number of hydrogen-bond donors (Lipinski definition) is 2. The molecule has 0 atom stereocenters. The lowest BCUT2D eigenvalue weighted by Gasteiger charge is -2.16. The Hall–Kier alpha value is -2.79. The summed E-state index contributed by atoms with van der Waals surface area (Å²) in [6.45, 7) is 0.317. The average molecular weight is 561 g/mol. The highest BCUT2D eigenvalue weighted by Crippen LogP contribution is 2.42. The smallest absolute Gasteiger partial charge is 0.405 e. The van der Waals surface area contributed by atoms with E-state index in [9.17, 15) is 26.4 Å². The minimum absolute atomic E-state index is 0.00662. The fourth-order valence-corrected chi connectivity index (χ4v) is 5.30. The first-order valence-corrected chi connectivity index (χ1v) is 12.9. The maximum absolute atomic E-state index is 12.8. The number of para-hydroxylation sites is 1. The van der Waals surface area contributed by atoms with Gasteiger partial charge in [-0.3, -0.25) is 4.79 Å². The average Bonchev–Trinajstić information content (AvgIpc) is 2.78. The number of halogens is 5. The van der Waals surface area contributed by atoms with Crippen molar-refractivity contribution in [2.24, 2.45) is 0 Å². The van der Waals surface area contributed by atoms with Gasteiger partial charge in [-0.25, -0.2) is 8.42 Å². The molecule has 36 heavy (non-hydrogen) atoms. The number of ether oxygens (including phenoxy) is 1. The second-order valence-corrected chi connectivity index (χ2v) is 10.6. The summed E-state index contributed by atoms with van der Waals surface area (Å²) in [6, 6.07) is 14.1. The number of rotatable bonds is 9. The van der Waals surface area contributed by atoms with Gasteiger partial charge in [-0.05, 0) is 42.9 Å². The van der Waals surface area contributed by atoms with Crippen LogP contribution in [0.2, 0.25) is 10.0 Å². The third kappa shape index (κ3) is 7.36. The molecule has 0 aliphatic carbocycles. The predicted octanol–water partition coefficient (Wildman–Crippen LogP) is 5.73. The summed E-state index contributed by atoms with van der Waals surface area (Å²) in [5.74, 6) is -0.948. The van der Waals surface area contributed by atoms with Crippen LogP contribution in [-0.4, -0.2) is 40.0 Å². The molecule has 0 unspecified atom stereocenters. The molecule has 0 aromatic heterocycles. The van der Waals surface area contributed by atoms with Crippen LogP contribution in [0.15, 0.2) is 65.6 Å². The number of amides is 1. The summed E-state index contributed by atoms with van der Waals surface area (Å²) in [4.78, 5) is 12.7. The first-order valence-electron chi connectivity index (χ1n) is 10.5. The number of carbonyl (C=O) groups is 1. The number of sulfone groups is 1. The van der Waals surface area contributed by atoms with E-state index < -0.39 is 27.9 Å². The summed E-state index contributed by atoms with van der Waals surface area (Å²) in [5, 5.41) is 5.43. The lowest BCUT2D eigenvalue weighted by atomic mass is 10.0. The largest absolute Gasteiger partial charge is 0.573 e. The van der Waals surface area contributed by atoms with Crippen LogP contribution in [0, 0.1) is 0 Å². The van der Waals surface area contributed by atoms with Gasteiger partial charge in [-0.2, -0.15) is 0 Å². The van der Waals surface area contributed by atoms with Gasteiger partial charge < -0.3 is 15.4 Å². The van der Waals surface area contributed by atoms with E-state index in [4.69, 9.17) is 23.2 Å². The molecule has 6 nitrogen and oxygen atoms in total. The second kappa shape index (κ2) is 11.5. The predicted molar refractivity (Wildman–Crippen MR) is 133 cm³/mol. The van der Waals surface area contributed by atoms with Gasteiger partial charge in [-0.1, -0.05) is 53.5 Å². The Morgan fingerprint density at radius 1 is 1.00 bits per heavy atom. The van der Waals surface area contributed by atoms with Crippen molar-refractivity contribution in [1.29, 1.82) is 0 Å². The van der Waals surface area contributed by atoms with Crippen molar-refractivity contribution in [3.05, 3.63) is 76.3 Å². The van der Waals surface area contributed by atoms with Gasteiger partial charge in [-0.15, -0.1) is 13.2 Å². The molecule has 1 amide bonds. The first kappa shape index (κ1) is 27.8. The minimum atomic E-state index is -4.90. The van der Waals surface area contributed by atoms with Crippen molar-refractivity contribution >= 4 is 44.6 Å². The molecule has 0 aliphatic rings. The molecule has 0 heterocycles. The number of anilines is 1. The van der Waals surface area contributed by atoms with Crippen molar-refractivity contribution in [2.45, 2.75) is 17.7 Å². The standard InChI is InChI=1S/C24H21Cl2F3N2O4S/c1-30-10-11-36(33,34)17-8-6-15(7-9-17)12-22(32)31-16-13-19(25)23(20(26)14-16)18-4-2-3-5-21(18)35-24(27,28)29/h2-9,13-14,30H,10-12H2,1H3,(H,31,32). The number of carbonyl (C=O) groups excluding carboxylic acids is 1. The van der Waals surface area contributed by atoms with E-state index in [1.165, 1.54) is 42.5 Å². The van der Waals surface area contributed by atoms with Crippen LogP contribution in [0.3, 0.4) is 0 Å². The zero-order valence-electron chi connectivity index (χ0n) is 18.8. The molecule has 3 rings (SSSR count). The van der Waals surface area contributed by atoms with Crippen LogP contribution in [0.4, 0.5) is 18.9 Å². The van der Waals surface area contributed by atoms with Crippen molar-refractivity contribution in [3.63, 3.8) is 0 Å². The molecule has 2 N–H and O–H groups in total. The summed E-state index contributed by atoms with van der Waals surface area (Å²) in [6.07, 6.45) is -4.96. The topological polar surface area (TPSA) is 84.5 Å². The highest BCUT2D eigenvalue weighted by atomic mass is 35.5. The van der Waals surface area contributed by atoms with Gasteiger partial charge >= 0.3 is 6.36 Å². The van der Waals surface area contributed by atoms with E-state index in [0.29, 0.717) is 12.1 Å². The Bertz CT molecular complexity index is 1330. The van der Waals surface area contributed by atoms with Gasteiger partial charge in [0.15, 0.2) is 9.84 Å². The fraction of sp³-hybridized carbons (Fsp3) is 0.208. The highest BCUT2D eigenvalue weighted by Gasteiger charge is 2.32. The van der Waals surface area contributed by atoms with E-state index >= 15 is 0 Å². The van der Waals surface area contributed by atoms with Crippen LogP contribution in [-0.2, 0) is 21.1 Å². The van der Waals surface area contributed by atoms with E-state index in [2.05, 4.69) is 15.4 Å². The number of alkyl halides is 3. The Balaban J connectivity index is 1.75. The summed E-state index contributed by atoms with van der Waals surface area (Å²) in [7, 11) is -1.77. The third-order valence-corrected chi connectivity index (χ3v) is 7.30. The molecule has 12 heteroatoms. The van der Waals surface area contributed by atoms with Crippen molar-refractivity contribution in [1.82, 2.24) is 5.32 Å². The van der Waals surface area contributed by atoms with Gasteiger partial charge in [0.05, 0.1) is 27.1 Å². The molecule has 0 spiro atoms. The normalized spacial score (nSPS) is 11.8. The van der Waals surface area contributed by atoms with E-state index in [1.54, 1.807) is 19.2 Å². The fourth-order valence-electron chi connectivity index (χ4n) is 3.35. The Kier molecular flexibility index (Phi) is 8.89. The molecular weight excluding hydrogens is 540 g/mol. The van der Waals surface area contributed by atoms with E-state index in [-0.39, 0.29) is 43.9 Å². The number of nitrogens with one attached hydrogen (secondary N) is 2. The number of hydrogen-bond acceptors (Lipinski definition) is 5. The zero-order chi connectivity index (χ0) is 26.5. The van der Waals surface area contributed by atoms with Crippen LogP contribution < -0.4 is 15.4 Å². The van der Waals surface area contributed by atoms with Crippen LogP contribution in [0.25, 0.3) is 11.1 Å². The Morgan fingerprint density at radius 3 is 2.19 bits per heavy atom. The van der Waals surface area contributed by atoms with E-state index in [1.807, 2.05) is 0 Å². The number of benzene rings is 3. The van der Waals surface area contributed by atoms with Gasteiger partial charge in [0.2, 0.25) is 5.91 Å². The van der Waals surface area contributed by atoms with Crippen LogP contribution in [0.5, 0.6) is 5.75 Å². The molecule has 3 aromatic rings. The molecular formula is C24H21Cl2F3N2O4S. The van der Waals surface area contributed by atoms with Crippen LogP contribution >= 0.6 is 23.2 Å². The molecule has 0 bridgehead atoms. The van der Waals surface area contributed by atoms with Crippen molar-refractivity contribution in [3.8, 4) is 16.9 Å². The monoisotopic (exact) mass is 560 g/mol. The van der Waals surface area contributed by atoms with Gasteiger partial charge in [0.1, 0.15) is 5.75 Å². The quantitative estimate of drug-likeness (QED) is 0.349. The van der Waals surface area contributed by atoms with Gasteiger partial charge in [0, 0.05) is 23.4 Å². The lowest BCUT2D eigenvalue weighted by molar-refractivity contribution is -0.274. The first-order chi connectivity index (χ1) is 16.9. The molecule has 0 saturated heterocycles. The highest BCUT2D eigenvalue weighted by molar-refractivity contribution is 7.91. The molecule has 0 saturated carbocycles. The minimum Gasteiger partial charge on any atom is -0.405 e. The summed E-state index contributed by atoms with van der Waals surface area (Å²) >= 11 is 12.6. The molecule has 0 aliphatic heterocycles. The van der Waals surface area contributed by atoms with Crippen molar-refractivity contribution in [2.75, 3.05) is 24.7 Å². The Labute approximate surface area is 216 Å². The Morgan fingerprint density at radius 2 is 1.61 bits per heavy atom. The lowest BCUT2D eigenvalue weighted by Crippen LogP contribution is -2.19. The van der Waals surface area contributed by atoms with Crippen molar-refractivity contribution < 1.29 is 31.1 Å². The maximum Gasteiger partial charge on any atom is 0.573 e. The summed E-state index contributed by atoms with van der Waals surface area (Å²) in [5.41, 5.74) is 0.963. The second-order valence-electron chi connectivity index (χ2n) is 7.65. The summed E-state index contributed by atoms with van der Waals surface area (Å²) < 4.78 is 66.9. The SMILES string of the molecule is CNCCS(=O)(=O)c1ccc(CC(=O)Nc2cc(Cl)c(-c3ccccc3OC(F)(F)F)c(Cl)c2)cc1. The van der Waals surface area contributed by atoms with E-state index in [0.717, 1.165) is 6.07 Å². The van der Waals surface area contributed by atoms with Gasteiger partial charge in [0.25, 0.3) is 0 Å². The molecule has 192 valence electrons.